The molecule has 3 rings (SSSR count). The largest absolute Gasteiger partial charge is 0.497 e. The molecule has 0 aliphatic carbocycles. The molecule has 0 unspecified atom stereocenters. The second-order valence-electron chi connectivity index (χ2n) is 6.74. The number of methoxy groups -OCH3 is 1. The number of ether oxygens (including phenoxy) is 1. The molecule has 0 bridgehead atoms. The summed E-state index contributed by atoms with van der Waals surface area (Å²) in [5.74, 6) is 0.701. The molecule has 0 aliphatic rings. The second-order valence-corrected chi connectivity index (χ2v) is 7.60. The standard InChI is InChI=1S/C18H21N3O2S/c1-18(2,3)15-10-24-17(20-15)21-16(22)7-11-9-19-14-6-5-12(23-4)8-13(11)14/h5-6,8-10,19H,7H2,1-4H3,(H,20,21,22). The fraction of sp³-hybridized carbons (Fsp3) is 0.333. The Morgan fingerprint density at radius 1 is 1.38 bits per heavy atom. The molecule has 0 spiro atoms. The molecule has 0 fully saturated rings. The molecule has 24 heavy (non-hydrogen) atoms. The van der Waals surface area contributed by atoms with Crippen LogP contribution in [-0.2, 0) is 16.6 Å². The lowest BCUT2D eigenvalue weighted by atomic mass is 9.93. The monoisotopic (exact) mass is 343 g/mol. The van der Waals surface area contributed by atoms with Gasteiger partial charge in [0.25, 0.3) is 0 Å². The van der Waals surface area contributed by atoms with Gasteiger partial charge in [-0.15, -0.1) is 11.3 Å². The molecule has 0 aliphatic heterocycles. The lowest BCUT2D eigenvalue weighted by Gasteiger charge is -2.14. The van der Waals surface area contributed by atoms with E-state index in [4.69, 9.17) is 4.74 Å². The topological polar surface area (TPSA) is 67.0 Å². The lowest BCUT2D eigenvalue weighted by molar-refractivity contribution is -0.115. The van der Waals surface area contributed by atoms with Crippen LogP contribution in [0.2, 0.25) is 0 Å². The maximum atomic E-state index is 12.3. The SMILES string of the molecule is COc1ccc2[nH]cc(CC(=O)Nc3nc(C(C)(C)C)cs3)c2c1. The number of hydrogen-bond acceptors (Lipinski definition) is 4. The number of H-pyrrole nitrogens is 1. The van der Waals surface area contributed by atoms with Crippen LogP contribution in [0.5, 0.6) is 5.75 Å². The minimum atomic E-state index is -0.0754. The molecule has 2 N–H and O–H groups in total. The maximum absolute atomic E-state index is 12.3. The fourth-order valence-corrected chi connectivity index (χ4v) is 3.40. The first-order valence-electron chi connectivity index (χ1n) is 7.76. The number of aromatic nitrogens is 2. The van der Waals surface area contributed by atoms with Crippen molar-refractivity contribution in [2.75, 3.05) is 12.4 Å². The summed E-state index contributed by atoms with van der Waals surface area (Å²) < 4.78 is 5.26. The van der Waals surface area contributed by atoms with Gasteiger partial charge in [-0.05, 0) is 23.8 Å². The van der Waals surface area contributed by atoms with E-state index < -0.39 is 0 Å². The third-order valence-electron chi connectivity index (χ3n) is 3.84. The first-order valence-corrected chi connectivity index (χ1v) is 8.64. The number of nitrogens with zero attached hydrogens (tertiary/aromatic N) is 1. The van der Waals surface area contributed by atoms with Crippen LogP contribution < -0.4 is 10.1 Å². The van der Waals surface area contributed by atoms with Crippen molar-refractivity contribution in [3.8, 4) is 5.75 Å². The number of nitrogens with one attached hydrogen (secondary N) is 2. The van der Waals surface area contributed by atoms with E-state index in [9.17, 15) is 4.79 Å². The van der Waals surface area contributed by atoms with Crippen molar-refractivity contribution in [2.24, 2.45) is 0 Å². The molecule has 5 nitrogen and oxygen atoms in total. The van der Waals surface area contributed by atoms with Crippen molar-refractivity contribution < 1.29 is 9.53 Å². The Hall–Kier alpha value is -2.34. The minimum absolute atomic E-state index is 0.0210. The van der Waals surface area contributed by atoms with Crippen molar-refractivity contribution in [2.45, 2.75) is 32.6 Å². The van der Waals surface area contributed by atoms with Gasteiger partial charge in [-0.2, -0.15) is 0 Å². The predicted molar refractivity (Wildman–Crippen MR) is 98.0 cm³/mol. The zero-order chi connectivity index (χ0) is 17.3. The van der Waals surface area contributed by atoms with Crippen LogP contribution in [0, 0.1) is 0 Å². The Morgan fingerprint density at radius 2 is 2.17 bits per heavy atom. The summed E-state index contributed by atoms with van der Waals surface area (Å²) in [6.07, 6.45) is 2.16. The van der Waals surface area contributed by atoms with Crippen molar-refractivity contribution in [1.82, 2.24) is 9.97 Å². The molecular formula is C18H21N3O2S. The maximum Gasteiger partial charge on any atom is 0.230 e. The van der Waals surface area contributed by atoms with E-state index in [0.717, 1.165) is 27.9 Å². The van der Waals surface area contributed by atoms with Gasteiger partial charge in [0.1, 0.15) is 5.75 Å². The van der Waals surface area contributed by atoms with Gasteiger partial charge in [0, 0.05) is 27.9 Å². The number of aromatic amines is 1. The zero-order valence-corrected chi connectivity index (χ0v) is 15.1. The number of benzene rings is 1. The highest BCUT2D eigenvalue weighted by atomic mass is 32.1. The van der Waals surface area contributed by atoms with Gasteiger partial charge >= 0.3 is 0 Å². The minimum Gasteiger partial charge on any atom is -0.497 e. The molecule has 2 aromatic heterocycles. The molecule has 3 aromatic rings. The Kier molecular flexibility index (Phi) is 4.32. The number of carbonyl (C=O) groups excluding carboxylic acids is 1. The van der Waals surface area contributed by atoms with Crippen LogP contribution in [-0.4, -0.2) is 23.0 Å². The van der Waals surface area contributed by atoms with E-state index in [1.807, 2.05) is 29.8 Å². The predicted octanol–water partition coefficient (Wildman–Crippen LogP) is 4.11. The summed E-state index contributed by atoms with van der Waals surface area (Å²) in [7, 11) is 1.63. The highest BCUT2D eigenvalue weighted by Crippen LogP contribution is 2.27. The highest BCUT2D eigenvalue weighted by Gasteiger charge is 2.18. The number of carbonyl (C=O) groups is 1. The number of fused-ring (bicyclic) bond motifs is 1. The summed E-state index contributed by atoms with van der Waals surface area (Å²) >= 11 is 1.46. The van der Waals surface area contributed by atoms with E-state index in [-0.39, 0.29) is 17.7 Å². The molecule has 1 aromatic carbocycles. The molecule has 6 heteroatoms. The fourth-order valence-electron chi connectivity index (χ4n) is 2.44. The number of amides is 1. The van der Waals surface area contributed by atoms with Crippen molar-refractivity contribution in [3.05, 3.63) is 41.0 Å². The summed E-state index contributed by atoms with van der Waals surface area (Å²) in [5.41, 5.74) is 2.89. The number of thiazole rings is 1. The quantitative estimate of drug-likeness (QED) is 0.749. The first-order chi connectivity index (χ1) is 11.4. The number of hydrogen-bond donors (Lipinski definition) is 2. The van der Waals surface area contributed by atoms with Crippen LogP contribution in [0.15, 0.2) is 29.8 Å². The van der Waals surface area contributed by atoms with Crippen LogP contribution in [0.4, 0.5) is 5.13 Å². The van der Waals surface area contributed by atoms with Gasteiger partial charge < -0.3 is 15.0 Å². The zero-order valence-electron chi connectivity index (χ0n) is 14.3. The van der Waals surface area contributed by atoms with Gasteiger partial charge in [-0.1, -0.05) is 20.8 Å². The van der Waals surface area contributed by atoms with Crippen LogP contribution in [0.25, 0.3) is 10.9 Å². The first kappa shape index (κ1) is 16.5. The second kappa shape index (κ2) is 6.28. The van der Waals surface area contributed by atoms with E-state index in [1.54, 1.807) is 7.11 Å². The van der Waals surface area contributed by atoms with Crippen LogP contribution in [0.1, 0.15) is 32.0 Å². The number of rotatable bonds is 4. The Morgan fingerprint density at radius 3 is 2.83 bits per heavy atom. The summed E-state index contributed by atoms with van der Waals surface area (Å²) in [4.78, 5) is 20.0. The number of anilines is 1. The normalized spacial score (nSPS) is 11.7. The smallest absolute Gasteiger partial charge is 0.230 e. The molecule has 0 saturated carbocycles. The third-order valence-corrected chi connectivity index (χ3v) is 4.60. The molecule has 0 atom stereocenters. The molecule has 2 heterocycles. The Bertz CT molecular complexity index is 874. The van der Waals surface area contributed by atoms with E-state index in [0.29, 0.717) is 5.13 Å². The molecule has 1 amide bonds. The van der Waals surface area contributed by atoms with Crippen molar-refractivity contribution in [1.29, 1.82) is 0 Å². The average Bonchev–Trinajstić information content (AvgIpc) is 3.14. The Labute approximate surface area is 145 Å². The summed E-state index contributed by atoms with van der Waals surface area (Å²) in [6.45, 7) is 6.31. The van der Waals surface area contributed by atoms with Gasteiger partial charge in [0.05, 0.1) is 19.2 Å². The Balaban J connectivity index is 1.74. The van der Waals surface area contributed by atoms with Crippen molar-refractivity contribution in [3.63, 3.8) is 0 Å². The molecule has 0 saturated heterocycles. The highest BCUT2D eigenvalue weighted by molar-refractivity contribution is 7.13. The lowest BCUT2D eigenvalue weighted by Crippen LogP contribution is -2.15. The van der Waals surface area contributed by atoms with Gasteiger partial charge in [-0.25, -0.2) is 4.98 Å². The third kappa shape index (κ3) is 3.43. The summed E-state index contributed by atoms with van der Waals surface area (Å²) in [5, 5.41) is 6.52. The van der Waals surface area contributed by atoms with Gasteiger partial charge in [0.15, 0.2) is 5.13 Å². The van der Waals surface area contributed by atoms with E-state index in [2.05, 4.69) is 36.1 Å². The van der Waals surface area contributed by atoms with E-state index >= 15 is 0 Å². The van der Waals surface area contributed by atoms with Crippen LogP contribution >= 0.6 is 11.3 Å². The molecular weight excluding hydrogens is 322 g/mol. The molecule has 0 radical (unpaired) electrons. The molecule has 126 valence electrons. The summed E-state index contributed by atoms with van der Waals surface area (Å²) in [6, 6.07) is 5.79. The van der Waals surface area contributed by atoms with E-state index in [1.165, 1.54) is 11.3 Å². The van der Waals surface area contributed by atoms with Gasteiger partial charge in [-0.3, -0.25) is 4.79 Å². The van der Waals surface area contributed by atoms with Crippen molar-refractivity contribution >= 4 is 33.3 Å². The van der Waals surface area contributed by atoms with Gasteiger partial charge in [0.2, 0.25) is 5.91 Å². The average molecular weight is 343 g/mol. The van der Waals surface area contributed by atoms with Crippen LogP contribution in [0.3, 0.4) is 0 Å².